The minimum Gasteiger partial charge on any atom is -0.378 e. The van der Waals surface area contributed by atoms with Crippen molar-refractivity contribution >= 4 is 0 Å². The molecule has 0 bridgehead atoms. The van der Waals surface area contributed by atoms with Crippen LogP contribution in [0.25, 0.3) is 0 Å². The summed E-state index contributed by atoms with van der Waals surface area (Å²) in [5.74, 6) is 1.73. The molecule has 2 atom stereocenters. The van der Waals surface area contributed by atoms with Crippen molar-refractivity contribution < 1.29 is 4.74 Å². The van der Waals surface area contributed by atoms with Crippen LogP contribution in [0.15, 0.2) is 0 Å². The molecular weight excluding hydrogens is 222 g/mol. The van der Waals surface area contributed by atoms with Gasteiger partial charge in [0, 0.05) is 12.6 Å². The SMILES string of the molecule is CNC1CCOC(C2CCC(C(C)(C)C)CC2)C1. The Morgan fingerprint density at radius 2 is 1.67 bits per heavy atom. The zero-order valence-electron chi connectivity index (χ0n) is 12.7. The van der Waals surface area contributed by atoms with Crippen molar-refractivity contribution in [3.8, 4) is 0 Å². The van der Waals surface area contributed by atoms with Crippen molar-refractivity contribution in [3.63, 3.8) is 0 Å². The Hall–Kier alpha value is -0.0800. The Labute approximate surface area is 113 Å². The average Bonchev–Trinajstić information content (AvgIpc) is 2.38. The maximum atomic E-state index is 6.03. The van der Waals surface area contributed by atoms with Gasteiger partial charge < -0.3 is 10.1 Å². The van der Waals surface area contributed by atoms with Crippen LogP contribution in [0.1, 0.15) is 59.3 Å². The number of hydrogen-bond acceptors (Lipinski definition) is 2. The maximum Gasteiger partial charge on any atom is 0.0618 e. The molecule has 1 aliphatic heterocycles. The van der Waals surface area contributed by atoms with Crippen molar-refractivity contribution in [3.05, 3.63) is 0 Å². The molecule has 1 saturated carbocycles. The third-order valence-electron chi connectivity index (χ3n) is 5.25. The van der Waals surface area contributed by atoms with Gasteiger partial charge in [-0.05, 0) is 62.8 Å². The predicted octanol–water partition coefficient (Wildman–Crippen LogP) is 3.61. The molecule has 0 aromatic carbocycles. The van der Waals surface area contributed by atoms with Gasteiger partial charge in [0.1, 0.15) is 0 Å². The molecule has 0 amide bonds. The van der Waals surface area contributed by atoms with Crippen molar-refractivity contribution in [1.29, 1.82) is 0 Å². The second kappa shape index (κ2) is 5.92. The van der Waals surface area contributed by atoms with Crippen molar-refractivity contribution in [2.24, 2.45) is 17.3 Å². The van der Waals surface area contributed by atoms with Crippen LogP contribution < -0.4 is 5.32 Å². The molecule has 2 unspecified atom stereocenters. The molecule has 0 radical (unpaired) electrons. The van der Waals surface area contributed by atoms with Crippen LogP contribution in [-0.2, 0) is 4.74 Å². The van der Waals surface area contributed by atoms with Gasteiger partial charge in [-0.15, -0.1) is 0 Å². The molecular formula is C16H31NO. The van der Waals surface area contributed by atoms with Gasteiger partial charge in [-0.2, -0.15) is 0 Å². The predicted molar refractivity (Wildman–Crippen MR) is 76.7 cm³/mol. The van der Waals surface area contributed by atoms with Crippen LogP contribution in [0.5, 0.6) is 0 Å². The highest BCUT2D eigenvalue weighted by atomic mass is 16.5. The summed E-state index contributed by atoms with van der Waals surface area (Å²) in [5, 5.41) is 3.43. The Morgan fingerprint density at radius 3 is 2.22 bits per heavy atom. The van der Waals surface area contributed by atoms with E-state index in [1.165, 1.54) is 38.5 Å². The van der Waals surface area contributed by atoms with E-state index in [1.807, 2.05) is 0 Å². The smallest absolute Gasteiger partial charge is 0.0618 e. The number of nitrogens with one attached hydrogen (secondary N) is 1. The third-order valence-corrected chi connectivity index (χ3v) is 5.25. The summed E-state index contributed by atoms with van der Waals surface area (Å²) in [7, 11) is 2.09. The Bertz CT molecular complexity index is 250. The van der Waals surface area contributed by atoms with E-state index in [0.717, 1.165) is 18.4 Å². The van der Waals surface area contributed by atoms with Gasteiger partial charge in [0.05, 0.1) is 6.10 Å². The van der Waals surface area contributed by atoms with Gasteiger partial charge in [-0.25, -0.2) is 0 Å². The van der Waals surface area contributed by atoms with Gasteiger partial charge in [0.25, 0.3) is 0 Å². The third kappa shape index (κ3) is 3.48. The van der Waals surface area contributed by atoms with Crippen LogP contribution in [0.3, 0.4) is 0 Å². The van der Waals surface area contributed by atoms with Crippen molar-refractivity contribution in [2.45, 2.75) is 71.4 Å². The van der Waals surface area contributed by atoms with Crippen LogP contribution in [0.4, 0.5) is 0 Å². The summed E-state index contributed by atoms with van der Waals surface area (Å²) in [5.41, 5.74) is 0.492. The normalized spacial score (nSPS) is 38.7. The van der Waals surface area contributed by atoms with E-state index >= 15 is 0 Å². The maximum absolute atomic E-state index is 6.03. The van der Waals surface area contributed by atoms with E-state index in [9.17, 15) is 0 Å². The molecule has 0 aromatic rings. The lowest BCUT2D eigenvalue weighted by molar-refractivity contribution is -0.0484. The fourth-order valence-electron chi connectivity index (χ4n) is 3.78. The standard InChI is InChI=1S/C16H31NO/c1-16(2,3)13-7-5-12(6-8-13)15-11-14(17-4)9-10-18-15/h12-15,17H,5-11H2,1-4H3. The molecule has 2 aliphatic rings. The van der Waals surface area contributed by atoms with Gasteiger partial charge in [-0.3, -0.25) is 0 Å². The highest BCUT2D eigenvalue weighted by Gasteiger charge is 2.35. The number of hydrogen-bond donors (Lipinski definition) is 1. The van der Waals surface area contributed by atoms with Crippen LogP contribution in [-0.4, -0.2) is 25.8 Å². The van der Waals surface area contributed by atoms with Crippen molar-refractivity contribution in [1.82, 2.24) is 5.32 Å². The van der Waals surface area contributed by atoms with Crippen molar-refractivity contribution in [2.75, 3.05) is 13.7 Å². The summed E-state index contributed by atoms with van der Waals surface area (Å²) < 4.78 is 6.03. The summed E-state index contributed by atoms with van der Waals surface area (Å²) >= 11 is 0. The lowest BCUT2D eigenvalue weighted by Crippen LogP contribution is -2.41. The Morgan fingerprint density at radius 1 is 1.00 bits per heavy atom. The minimum atomic E-state index is 0.492. The monoisotopic (exact) mass is 253 g/mol. The van der Waals surface area contributed by atoms with Crippen LogP contribution >= 0.6 is 0 Å². The molecule has 2 rings (SSSR count). The zero-order valence-corrected chi connectivity index (χ0v) is 12.7. The fraction of sp³-hybridized carbons (Fsp3) is 1.00. The molecule has 2 heteroatoms. The van der Waals surface area contributed by atoms with Gasteiger partial charge >= 0.3 is 0 Å². The number of rotatable bonds is 2. The quantitative estimate of drug-likeness (QED) is 0.812. The largest absolute Gasteiger partial charge is 0.378 e. The van der Waals surface area contributed by atoms with E-state index in [1.54, 1.807) is 0 Å². The Balaban J connectivity index is 1.82. The summed E-state index contributed by atoms with van der Waals surface area (Å²) in [4.78, 5) is 0. The van der Waals surface area contributed by atoms with Gasteiger partial charge in [-0.1, -0.05) is 20.8 Å². The second-order valence-corrected chi connectivity index (χ2v) is 7.40. The first kappa shape index (κ1) is 14.3. The van der Waals surface area contributed by atoms with E-state index < -0.39 is 0 Å². The molecule has 106 valence electrons. The molecule has 1 saturated heterocycles. The minimum absolute atomic E-state index is 0.492. The first-order valence-corrected chi connectivity index (χ1v) is 7.79. The fourth-order valence-corrected chi connectivity index (χ4v) is 3.78. The second-order valence-electron chi connectivity index (χ2n) is 7.40. The molecule has 0 aromatic heterocycles. The van der Waals surface area contributed by atoms with E-state index in [2.05, 4.69) is 33.1 Å². The highest BCUT2D eigenvalue weighted by Crippen LogP contribution is 2.42. The average molecular weight is 253 g/mol. The molecule has 1 aliphatic carbocycles. The van der Waals surface area contributed by atoms with E-state index in [0.29, 0.717) is 17.6 Å². The first-order chi connectivity index (χ1) is 8.50. The van der Waals surface area contributed by atoms with E-state index in [-0.39, 0.29) is 0 Å². The van der Waals surface area contributed by atoms with E-state index in [4.69, 9.17) is 4.74 Å². The molecule has 2 fully saturated rings. The van der Waals surface area contributed by atoms with Crippen LogP contribution in [0, 0.1) is 17.3 Å². The lowest BCUT2D eigenvalue weighted by atomic mass is 9.68. The first-order valence-electron chi connectivity index (χ1n) is 7.79. The molecule has 1 N–H and O–H groups in total. The van der Waals surface area contributed by atoms with Gasteiger partial charge in [0.2, 0.25) is 0 Å². The summed E-state index contributed by atoms with van der Waals surface area (Å²) in [6, 6.07) is 0.684. The highest BCUT2D eigenvalue weighted by molar-refractivity contribution is 4.86. The number of ether oxygens (including phenoxy) is 1. The molecule has 1 heterocycles. The van der Waals surface area contributed by atoms with Crippen LogP contribution in [0.2, 0.25) is 0 Å². The van der Waals surface area contributed by atoms with Gasteiger partial charge in [0.15, 0.2) is 0 Å². The lowest BCUT2D eigenvalue weighted by Gasteiger charge is -2.41. The molecule has 2 nitrogen and oxygen atoms in total. The summed E-state index contributed by atoms with van der Waals surface area (Å²) in [6.07, 6.45) is 8.49. The Kier molecular flexibility index (Phi) is 4.71. The summed E-state index contributed by atoms with van der Waals surface area (Å²) in [6.45, 7) is 8.14. The molecule has 0 spiro atoms. The molecule has 18 heavy (non-hydrogen) atoms. The zero-order chi connectivity index (χ0) is 13.2. The topological polar surface area (TPSA) is 21.3 Å².